The van der Waals surface area contributed by atoms with Crippen molar-refractivity contribution in [3.8, 4) is 0 Å². The van der Waals surface area contributed by atoms with Crippen molar-refractivity contribution >= 4 is 18.0 Å². The molecule has 0 saturated heterocycles. The lowest BCUT2D eigenvalue weighted by Crippen LogP contribution is -2.54. The minimum Gasteiger partial charge on any atom is -0.458 e. The van der Waals surface area contributed by atoms with E-state index in [0.29, 0.717) is 18.6 Å². The van der Waals surface area contributed by atoms with E-state index in [0.717, 1.165) is 31.1 Å². The summed E-state index contributed by atoms with van der Waals surface area (Å²) in [5.74, 6) is -0.186. The quantitative estimate of drug-likeness (QED) is 0.345. The van der Waals surface area contributed by atoms with Crippen molar-refractivity contribution in [2.75, 3.05) is 6.61 Å². The minimum absolute atomic E-state index is 0.00779. The maximum Gasteiger partial charge on any atom is 0.338 e. The van der Waals surface area contributed by atoms with Gasteiger partial charge >= 0.3 is 5.97 Å². The number of rotatable bonds is 3. The average Bonchev–Trinajstić information content (AvgIpc) is 2.96. The van der Waals surface area contributed by atoms with Gasteiger partial charge in [0.15, 0.2) is 0 Å². The van der Waals surface area contributed by atoms with Crippen molar-refractivity contribution in [1.29, 1.82) is 0 Å². The molecule has 0 aromatic carbocycles. The van der Waals surface area contributed by atoms with Gasteiger partial charge in [-0.05, 0) is 43.6 Å². The Kier molecular flexibility index (Phi) is 4.10. The zero-order valence-corrected chi connectivity index (χ0v) is 14.3. The van der Waals surface area contributed by atoms with Gasteiger partial charge in [-0.1, -0.05) is 31.2 Å². The van der Waals surface area contributed by atoms with E-state index in [9.17, 15) is 14.4 Å². The Labute approximate surface area is 142 Å². The summed E-state index contributed by atoms with van der Waals surface area (Å²) in [4.78, 5) is 35.8. The van der Waals surface area contributed by atoms with Crippen LogP contribution in [-0.4, -0.2) is 24.6 Å². The first-order valence-corrected chi connectivity index (χ1v) is 8.55. The predicted molar refractivity (Wildman–Crippen MR) is 90.1 cm³/mol. The zero-order valence-electron chi connectivity index (χ0n) is 14.3. The summed E-state index contributed by atoms with van der Waals surface area (Å²) in [5.41, 5.74) is 0.571. The van der Waals surface area contributed by atoms with Crippen LogP contribution in [0.1, 0.15) is 39.5 Å². The van der Waals surface area contributed by atoms with Gasteiger partial charge < -0.3 is 9.53 Å². The van der Waals surface area contributed by atoms with Crippen molar-refractivity contribution in [2.24, 2.45) is 22.7 Å². The van der Waals surface area contributed by atoms with Crippen LogP contribution in [-0.2, 0) is 19.1 Å². The normalized spacial score (nSPS) is 39.6. The lowest BCUT2D eigenvalue weighted by molar-refractivity contribution is -0.150. The highest BCUT2D eigenvalue weighted by molar-refractivity contribution is 5.99. The second-order valence-corrected chi connectivity index (χ2v) is 7.67. The number of ether oxygens (including phenoxy) is 1. The summed E-state index contributed by atoms with van der Waals surface area (Å²) in [6, 6.07) is 0. The Bertz CT molecular complexity index is 671. The topological polar surface area (TPSA) is 60.4 Å². The predicted octanol–water partition coefficient (Wildman–Crippen LogP) is 3.18. The van der Waals surface area contributed by atoms with Crippen LogP contribution in [0, 0.1) is 22.7 Å². The van der Waals surface area contributed by atoms with E-state index in [1.54, 1.807) is 13.0 Å². The van der Waals surface area contributed by atoms with Gasteiger partial charge in [-0.3, -0.25) is 4.79 Å². The molecule has 3 aliphatic rings. The highest BCUT2D eigenvalue weighted by Gasteiger charge is 2.57. The van der Waals surface area contributed by atoms with Crippen molar-refractivity contribution in [2.45, 2.75) is 39.5 Å². The number of esters is 1. The third-order valence-electron chi connectivity index (χ3n) is 6.38. The molecule has 1 aliphatic heterocycles. The van der Waals surface area contributed by atoms with Gasteiger partial charge in [0.1, 0.15) is 18.7 Å². The number of hydrogen-bond acceptors (Lipinski definition) is 4. The van der Waals surface area contributed by atoms with Gasteiger partial charge in [0, 0.05) is 12.3 Å². The maximum atomic E-state index is 12.4. The summed E-state index contributed by atoms with van der Waals surface area (Å²) in [7, 11) is 0. The van der Waals surface area contributed by atoms with Gasteiger partial charge in [-0.15, -0.1) is 0 Å². The van der Waals surface area contributed by atoms with E-state index in [-0.39, 0.29) is 29.0 Å². The Morgan fingerprint density at radius 1 is 1.29 bits per heavy atom. The monoisotopic (exact) mass is 328 g/mol. The molecular weight excluding hydrogens is 304 g/mol. The molecule has 0 amide bonds. The molecule has 0 N–H and O–H groups in total. The fourth-order valence-electron chi connectivity index (χ4n) is 4.87. The lowest BCUT2D eigenvalue weighted by atomic mass is 9.47. The lowest BCUT2D eigenvalue weighted by Gasteiger charge is -2.55. The second-order valence-electron chi connectivity index (χ2n) is 7.67. The molecule has 3 rings (SSSR count). The van der Waals surface area contributed by atoms with Gasteiger partial charge in [-0.2, -0.15) is 0 Å². The van der Waals surface area contributed by atoms with Crippen LogP contribution in [0.2, 0.25) is 0 Å². The second kappa shape index (κ2) is 5.83. The van der Waals surface area contributed by atoms with E-state index in [4.69, 9.17) is 4.74 Å². The van der Waals surface area contributed by atoms with Crippen LogP contribution >= 0.6 is 0 Å². The molecule has 1 heterocycles. The largest absolute Gasteiger partial charge is 0.458 e. The van der Waals surface area contributed by atoms with Crippen LogP contribution < -0.4 is 0 Å². The number of carbonyl (C=O) groups excluding carboxylic acids is 3. The Morgan fingerprint density at radius 2 is 2.04 bits per heavy atom. The summed E-state index contributed by atoms with van der Waals surface area (Å²) in [6.45, 7) is 8.50. The van der Waals surface area contributed by atoms with Gasteiger partial charge in [0.25, 0.3) is 0 Å². The Balaban J connectivity index is 1.95. The van der Waals surface area contributed by atoms with Crippen LogP contribution in [0.25, 0.3) is 0 Å². The fraction of sp³-hybridized carbons (Fsp3) is 0.550. The van der Waals surface area contributed by atoms with Crippen LogP contribution in [0.5, 0.6) is 0 Å². The number of Topliss-reactive ketones (excluding diaryl/α,β-unsaturated/α-hetero) is 1. The SMILES string of the molecule is C=C1CCC2[C@](C)(C=O)C(=O)CC[C@@]2(C)[C@@H]1/C=C/C1=CCOC1=O. The van der Waals surface area contributed by atoms with Gasteiger partial charge in [0.05, 0.1) is 11.0 Å². The smallest absolute Gasteiger partial charge is 0.338 e. The number of allylic oxidation sites excluding steroid dienone is 2. The molecule has 2 aliphatic carbocycles. The molecule has 4 heteroatoms. The average molecular weight is 328 g/mol. The first-order chi connectivity index (χ1) is 11.3. The van der Waals surface area contributed by atoms with Crippen LogP contribution in [0.15, 0.2) is 36.0 Å². The number of ketones is 1. The third-order valence-corrected chi connectivity index (χ3v) is 6.38. The summed E-state index contributed by atoms with van der Waals surface area (Å²) < 4.78 is 4.93. The molecule has 128 valence electrons. The molecule has 0 spiro atoms. The van der Waals surface area contributed by atoms with E-state index in [1.165, 1.54) is 0 Å². The first-order valence-electron chi connectivity index (χ1n) is 8.55. The highest BCUT2D eigenvalue weighted by atomic mass is 16.5. The third kappa shape index (κ3) is 2.40. The zero-order chi connectivity index (χ0) is 17.5. The van der Waals surface area contributed by atoms with E-state index >= 15 is 0 Å². The van der Waals surface area contributed by atoms with E-state index in [1.807, 2.05) is 12.2 Å². The standard InChI is InChI=1S/C20H24O4/c1-13-4-7-16-19(2,10-8-17(22)20(16,3)12-21)15(13)6-5-14-9-11-24-18(14)23/h5-6,9,12,15-16H,1,4,7-8,10-11H2,2-3H3/b6-5+/t15-,16?,19+,20+/m1/s1. The summed E-state index contributed by atoms with van der Waals surface area (Å²) in [5, 5.41) is 0. The minimum atomic E-state index is -0.911. The molecule has 24 heavy (non-hydrogen) atoms. The molecule has 2 fully saturated rings. The molecule has 4 nitrogen and oxygen atoms in total. The van der Waals surface area contributed by atoms with Crippen molar-refractivity contribution in [3.63, 3.8) is 0 Å². The van der Waals surface area contributed by atoms with E-state index in [2.05, 4.69) is 13.5 Å². The van der Waals surface area contributed by atoms with Crippen molar-refractivity contribution in [1.82, 2.24) is 0 Å². The van der Waals surface area contributed by atoms with Crippen molar-refractivity contribution in [3.05, 3.63) is 36.0 Å². The molecule has 0 bridgehead atoms. The maximum absolute atomic E-state index is 12.4. The fourth-order valence-corrected chi connectivity index (χ4v) is 4.87. The van der Waals surface area contributed by atoms with E-state index < -0.39 is 5.41 Å². The molecule has 4 atom stereocenters. The number of fused-ring (bicyclic) bond motifs is 1. The molecule has 1 unspecified atom stereocenters. The number of carbonyl (C=O) groups is 3. The molecule has 0 aromatic rings. The number of hydrogen-bond donors (Lipinski definition) is 0. The number of aldehydes is 1. The van der Waals surface area contributed by atoms with Gasteiger partial charge in [-0.25, -0.2) is 4.79 Å². The first kappa shape index (κ1) is 16.9. The molecule has 2 saturated carbocycles. The summed E-state index contributed by atoms with van der Waals surface area (Å²) in [6.07, 6.45) is 9.23. The number of cyclic esters (lactones) is 1. The summed E-state index contributed by atoms with van der Waals surface area (Å²) >= 11 is 0. The Morgan fingerprint density at radius 3 is 2.67 bits per heavy atom. The van der Waals surface area contributed by atoms with Crippen LogP contribution in [0.3, 0.4) is 0 Å². The van der Waals surface area contributed by atoms with Crippen molar-refractivity contribution < 1.29 is 19.1 Å². The molecule has 0 aromatic heterocycles. The highest BCUT2D eigenvalue weighted by Crippen LogP contribution is 2.59. The molecular formula is C20H24O4. The Hall–Kier alpha value is -1.97. The van der Waals surface area contributed by atoms with Gasteiger partial charge in [0.2, 0.25) is 0 Å². The van der Waals surface area contributed by atoms with Crippen LogP contribution in [0.4, 0.5) is 0 Å². The molecule has 0 radical (unpaired) electrons.